The zero-order valence-corrected chi connectivity index (χ0v) is 17.3. The van der Waals surface area contributed by atoms with Gasteiger partial charge >= 0.3 is 0 Å². The predicted octanol–water partition coefficient (Wildman–Crippen LogP) is 2.01. The Bertz CT molecular complexity index is 877. The molecule has 2 aromatic carbocycles. The van der Waals surface area contributed by atoms with Crippen molar-refractivity contribution in [1.82, 2.24) is 15.1 Å². The van der Waals surface area contributed by atoms with Crippen LogP contribution in [0.25, 0.3) is 0 Å². The normalized spacial score (nSPS) is 16.1. The fourth-order valence-corrected chi connectivity index (χ4v) is 4.06. The first-order valence-electron chi connectivity index (χ1n) is 10.7. The van der Waals surface area contributed by atoms with Gasteiger partial charge in [-0.05, 0) is 22.8 Å². The number of nitrogens with zero attached hydrogens (tertiary/aromatic N) is 2. The Morgan fingerprint density at radius 2 is 1.77 bits per heavy atom. The van der Waals surface area contributed by atoms with Crippen molar-refractivity contribution >= 4 is 11.8 Å². The average Bonchev–Trinajstić information content (AvgIpc) is 3.23. The van der Waals surface area contributed by atoms with Crippen LogP contribution < -0.4 is 10.1 Å². The summed E-state index contributed by atoms with van der Waals surface area (Å²) in [6.45, 7) is 5.31. The summed E-state index contributed by atoms with van der Waals surface area (Å²) < 4.78 is 5.58. The van der Waals surface area contributed by atoms with E-state index < -0.39 is 0 Å². The van der Waals surface area contributed by atoms with Gasteiger partial charge in [0.05, 0.1) is 13.0 Å². The number of rotatable bonds is 7. The highest BCUT2D eigenvalue weighted by atomic mass is 16.5. The summed E-state index contributed by atoms with van der Waals surface area (Å²) in [5.41, 5.74) is 3.59. The third-order valence-corrected chi connectivity index (χ3v) is 5.75. The smallest absolute Gasteiger partial charge is 0.224 e. The molecule has 6 nitrogen and oxygen atoms in total. The van der Waals surface area contributed by atoms with Gasteiger partial charge in [-0.3, -0.25) is 14.5 Å². The number of nitrogens with one attached hydrogen (secondary N) is 1. The number of amides is 2. The summed E-state index contributed by atoms with van der Waals surface area (Å²) in [4.78, 5) is 28.8. The van der Waals surface area contributed by atoms with Gasteiger partial charge in [0.2, 0.25) is 11.8 Å². The zero-order valence-electron chi connectivity index (χ0n) is 17.3. The van der Waals surface area contributed by atoms with Gasteiger partial charge in [0.25, 0.3) is 0 Å². The summed E-state index contributed by atoms with van der Waals surface area (Å²) in [5.74, 6) is 1.09. The van der Waals surface area contributed by atoms with Crippen molar-refractivity contribution in [1.29, 1.82) is 0 Å². The lowest BCUT2D eigenvalue weighted by Crippen LogP contribution is -2.48. The van der Waals surface area contributed by atoms with Crippen LogP contribution >= 0.6 is 0 Å². The van der Waals surface area contributed by atoms with E-state index in [2.05, 4.69) is 28.4 Å². The maximum Gasteiger partial charge on any atom is 0.224 e. The second kappa shape index (κ2) is 9.76. The molecule has 0 unspecified atom stereocenters. The van der Waals surface area contributed by atoms with Crippen LogP contribution in [0, 0.1) is 0 Å². The maximum absolute atomic E-state index is 12.5. The molecule has 2 heterocycles. The van der Waals surface area contributed by atoms with E-state index in [4.69, 9.17) is 4.74 Å². The number of ether oxygens (including phenoxy) is 1. The predicted molar refractivity (Wildman–Crippen MR) is 115 cm³/mol. The molecule has 0 saturated carbocycles. The standard InChI is InChI=1S/C24H29N3O3/c28-23(17-19-4-2-1-3-5-19)25-10-8-24(29)27-13-11-26(12-14-27)18-20-6-7-22-21(16-20)9-15-30-22/h1-7,16H,8-15,17-18H2,(H,25,28). The number of hydrogen-bond acceptors (Lipinski definition) is 4. The zero-order chi connectivity index (χ0) is 20.8. The molecule has 30 heavy (non-hydrogen) atoms. The van der Waals surface area contributed by atoms with Crippen LogP contribution in [-0.4, -0.2) is 60.9 Å². The minimum atomic E-state index is -0.0430. The first-order chi connectivity index (χ1) is 14.7. The van der Waals surface area contributed by atoms with Gasteiger partial charge in [-0.1, -0.05) is 42.5 Å². The van der Waals surface area contributed by atoms with Gasteiger partial charge in [0, 0.05) is 52.1 Å². The second-order valence-corrected chi connectivity index (χ2v) is 7.96. The fraction of sp³-hybridized carbons (Fsp3) is 0.417. The Morgan fingerprint density at radius 3 is 2.57 bits per heavy atom. The molecular weight excluding hydrogens is 378 g/mol. The van der Waals surface area contributed by atoms with Crippen molar-refractivity contribution < 1.29 is 14.3 Å². The van der Waals surface area contributed by atoms with Gasteiger partial charge < -0.3 is 15.0 Å². The van der Waals surface area contributed by atoms with Crippen LogP contribution in [0.3, 0.4) is 0 Å². The molecule has 4 rings (SSSR count). The van der Waals surface area contributed by atoms with Crippen LogP contribution in [0.4, 0.5) is 0 Å². The molecule has 2 aliphatic heterocycles. The van der Waals surface area contributed by atoms with Gasteiger partial charge in [0.15, 0.2) is 0 Å². The first-order valence-corrected chi connectivity index (χ1v) is 10.7. The number of benzene rings is 2. The van der Waals surface area contributed by atoms with Crippen molar-refractivity contribution in [2.24, 2.45) is 0 Å². The van der Waals surface area contributed by atoms with Crippen molar-refractivity contribution in [3.63, 3.8) is 0 Å². The first kappa shape index (κ1) is 20.4. The third-order valence-electron chi connectivity index (χ3n) is 5.75. The molecule has 0 radical (unpaired) electrons. The topological polar surface area (TPSA) is 61.9 Å². The lowest BCUT2D eigenvalue weighted by atomic mass is 10.1. The quantitative estimate of drug-likeness (QED) is 0.763. The van der Waals surface area contributed by atoms with E-state index in [1.807, 2.05) is 35.2 Å². The van der Waals surface area contributed by atoms with Crippen molar-refractivity contribution in [3.8, 4) is 5.75 Å². The molecule has 0 spiro atoms. The van der Waals surface area contributed by atoms with Gasteiger partial charge in [-0.15, -0.1) is 0 Å². The maximum atomic E-state index is 12.5. The minimum Gasteiger partial charge on any atom is -0.493 e. The van der Waals surface area contributed by atoms with Crippen LogP contribution in [-0.2, 0) is 29.0 Å². The molecule has 1 saturated heterocycles. The molecule has 1 N–H and O–H groups in total. The monoisotopic (exact) mass is 407 g/mol. The van der Waals surface area contributed by atoms with Crippen molar-refractivity contribution in [3.05, 3.63) is 65.2 Å². The largest absolute Gasteiger partial charge is 0.493 e. The Hall–Kier alpha value is -2.86. The lowest BCUT2D eigenvalue weighted by molar-refractivity contribution is -0.133. The van der Waals surface area contributed by atoms with Crippen LogP contribution in [0.1, 0.15) is 23.1 Å². The van der Waals surface area contributed by atoms with Gasteiger partial charge in [0.1, 0.15) is 5.75 Å². The summed E-state index contributed by atoms with van der Waals surface area (Å²) in [6.07, 6.45) is 1.70. The Kier molecular flexibility index (Phi) is 6.64. The number of piperazine rings is 1. The molecule has 2 aliphatic rings. The molecule has 6 heteroatoms. The Morgan fingerprint density at radius 1 is 0.967 bits per heavy atom. The second-order valence-electron chi connectivity index (χ2n) is 7.96. The number of carbonyl (C=O) groups excluding carboxylic acids is 2. The van der Waals surface area contributed by atoms with Gasteiger partial charge in [-0.25, -0.2) is 0 Å². The highest BCUT2D eigenvalue weighted by Gasteiger charge is 2.21. The van der Waals surface area contributed by atoms with Crippen LogP contribution in [0.2, 0.25) is 0 Å². The number of fused-ring (bicyclic) bond motifs is 1. The summed E-state index contributed by atoms with van der Waals surface area (Å²) in [7, 11) is 0. The number of hydrogen-bond donors (Lipinski definition) is 1. The summed E-state index contributed by atoms with van der Waals surface area (Å²) in [6, 6.07) is 16.1. The Balaban J connectivity index is 1.15. The van der Waals surface area contributed by atoms with Crippen LogP contribution in [0.5, 0.6) is 5.75 Å². The van der Waals surface area contributed by atoms with E-state index in [1.165, 1.54) is 11.1 Å². The highest BCUT2D eigenvalue weighted by Crippen LogP contribution is 2.26. The summed E-state index contributed by atoms with van der Waals surface area (Å²) in [5, 5.41) is 2.86. The van der Waals surface area contributed by atoms with Gasteiger partial charge in [-0.2, -0.15) is 0 Å². The molecule has 158 valence electrons. The molecule has 0 aromatic heterocycles. The van der Waals surface area contributed by atoms with E-state index in [1.54, 1.807) is 0 Å². The molecule has 2 aromatic rings. The molecular formula is C24H29N3O3. The molecule has 0 aliphatic carbocycles. The SMILES string of the molecule is O=C(Cc1ccccc1)NCCC(=O)N1CCN(Cc2ccc3c(c2)CCO3)CC1. The number of carbonyl (C=O) groups is 2. The van der Waals surface area contributed by atoms with E-state index in [0.717, 1.165) is 57.1 Å². The van der Waals surface area contributed by atoms with E-state index in [-0.39, 0.29) is 11.8 Å². The molecule has 0 atom stereocenters. The highest BCUT2D eigenvalue weighted by molar-refractivity contribution is 5.80. The van der Waals surface area contributed by atoms with E-state index in [9.17, 15) is 9.59 Å². The molecule has 0 bridgehead atoms. The molecule has 2 amide bonds. The third kappa shape index (κ3) is 5.39. The van der Waals surface area contributed by atoms with Crippen LogP contribution in [0.15, 0.2) is 48.5 Å². The van der Waals surface area contributed by atoms with E-state index in [0.29, 0.717) is 19.4 Å². The van der Waals surface area contributed by atoms with E-state index >= 15 is 0 Å². The fourth-order valence-electron chi connectivity index (χ4n) is 4.06. The summed E-state index contributed by atoms with van der Waals surface area (Å²) >= 11 is 0. The van der Waals surface area contributed by atoms with Crippen molar-refractivity contribution in [2.75, 3.05) is 39.3 Å². The molecule has 1 fully saturated rings. The average molecular weight is 408 g/mol. The minimum absolute atomic E-state index is 0.0430. The Labute approximate surface area is 177 Å². The van der Waals surface area contributed by atoms with Crippen molar-refractivity contribution in [2.45, 2.75) is 25.8 Å². The lowest BCUT2D eigenvalue weighted by Gasteiger charge is -2.35.